The fraction of sp³-hybridized carbons (Fsp3) is 0.240. The Hall–Kier alpha value is -3.52. The number of nitrogens with one attached hydrogen (secondary N) is 2. The first-order valence-corrected chi connectivity index (χ1v) is 12.0. The predicted octanol–water partition coefficient (Wildman–Crippen LogP) is 4.84. The molecule has 8 heteroatoms. The van der Waals surface area contributed by atoms with Crippen molar-refractivity contribution in [1.29, 1.82) is 0 Å². The van der Waals surface area contributed by atoms with Gasteiger partial charge in [0, 0.05) is 23.2 Å². The number of aryl methyl sites for hydroxylation is 2. The molecule has 172 valence electrons. The number of hydrogen-bond acceptors (Lipinski definition) is 5. The van der Waals surface area contributed by atoms with Crippen LogP contribution in [0.2, 0.25) is 0 Å². The first kappa shape index (κ1) is 24.1. The molecule has 0 radical (unpaired) electrons. The van der Waals surface area contributed by atoms with E-state index in [2.05, 4.69) is 40.8 Å². The summed E-state index contributed by atoms with van der Waals surface area (Å²) >= 11 is 0. The topological polar surface area (TPSA) is 101 Å². The Bertz CT molecular complexity index is 1250. The highest BCUT2D eigenvalue weighted by Gasteiger charge is 2.16. The lowest BCUT2D eigenvalue weighted by Crippen LogP contribution is -2.16. The summed E-state index contributed by atoms with van der Waals surface area (Å²) in [6.45, 7) is 9.97. The largest absolute Gasteiger partial charge is 0.323 e. The molecule has 1 aromatic heterocycles. The highest BCUT2D eigenvalue weighted by Crippen LogP contribution is 2.22. The maximum atomic E-state index is 12.6. The van der Waals surface area contributed by atoms with Crippen LogP contribution >= 0.6 is 0 Å². The lowest BCUT2D eigenvalue weighted by atomic mass is 9.87. The molecule has 0 aliphatic carbocycles. The van der Waals surface area contributed by atoms with Crippen molar-refractivity contribution in [3.8, 4) is 0 Å². The molecule has 0 atom stereocenters. The van der Waals surface area contributed by atoms with Crippen LogP contribution in [-0.4, -0.2) is 24.3 Å². The van der Waals surface area contributed by atoms with Crippen LogP contribution in [0.4, 0.5) is 11.6 Å². The molecule has 2 aromatic carbocycles. The van der Waals surface area contributed by atoms with Gasteiger partial charge in [0.25, 0.3) is 10.0 Å². The van der Waals surface area contributed by atoms with Crippen LogP contribution in [0.1, 0.15) is 43.3 Å². The molecule has 0 saturated heterocycles. The minimum Gasteiger partial charge on any atom is -0.323 e. The van der Waals surface area contributed by atoms with E-state index in [9.17, 15) is 13.2 Å². The number of benzene rings is 2. The van der Waals surface area contributed by atoms with Crippen LogP contribution in [0.3, 0.4) is 0 Å². The molecular formula is C25H28N4O3S. The van der Waals surface area contributed by atoms with E-state index in [1.165, 1.54) is 35.9 Å². The number of rotatable bonds is 6. The summed E-state index contributed by atoms with van der Waals surface area (Å²) < 4.78 is 27.6. The van der Waals surface area contributed by atoms with E-state index in [-0.39, 0.29) is 22.2 Å². The van der Waals surface area contributed by atoms with Crippen molar-refractivity contribution in [2.45, 2.75) is 44.9 Å². The normalized spacial score (nSPS) is 12.0. The Kier molecular flexibility index (Phi) is 6.98. The molecule has 0 aliphatic rings. The van der Waals surface area contributed by atoms with Crippen LogP contribution in [0, 0.1) is 13.8 Å². The highest BCUT2D eigenvalue weighted by atomic mass is 32.2. The number of carbonyl (C=O) groups excluding carboxylic acids is 1. The molecule has 0 spiro atoms. The Morgan fingerprint density at radius 2 is 1.48 bits per heavy atom. The van der Waals surface area contributed by atoms with Gasteiger partial charge in [-0.1, -0.05) is 45.0 Å². The van der Waals surface area contributed by atoms with Gasteiger partial charge >= 0.3 is 0 Å². The third-order valence-corrected chi connectivity index (χ3v) is 6.19. The highest BCUT2D eigenvalue weighted by molar-refractivity contribution is 7.92. The van der Waals surface area contributed by atoms with Gasteiger partial charge in [-0.3, -0.25) is 4.79 Å². The zero-order chi connectivity index (χ0) is 24.2. The van der Waals surface area contributed by atoms with Gasteiger partial charge in [0.15, 0.2) is 0 Å². The summed E-state index contributed by atoms with van der Waals surface area (Å²) in [5.74, 6) is -0.294. The molecule has 0 bridgehead atoms. The molecule has 0 unspecified atom stereocenters. The second-order valence-corrected chi connectivity index (χ2v) is 10.5. The monoisotopic (exact) mass is 464 g/mol. The van der Waals surface area contributed by atoms with Crippen LogP contribution in [0.15, 0.2) is 65.6 Å². The lowest BCUT2D eigenvalue weighted by Gasteiger charge is -2.18. The number of anilines is 2. The number of carbonyl (C=O) groups is 1. The molecule has 3 rings (SSSR count). The summed E-state index contributed by atoms with van der Waals surface area (Å²) in [5.41, 5.74) is 4.01. The summed E-state index contributed by atoms with van der Waals surface area (Å²) in [6.07, 6.45) is 3.17. The third-order valence-electron chi connectivity index (χ3n) is 4.84. The molecule has 0 aliphatic heterocycles. The van der Waals surface area contributed by atoms with Gasteiger partial charge in [-0.05, 0) is 66.8 Å². The Balaban J connectivity index is 1.63. The van der Waals surface area contributed by atoms with Crippen LogP contribution in [0.25, 0.3) is 6.08 Å². The van der Waals surface area contributed by atoms with Gasteiger partial charge in [-0.15, -0.1) is 0 Å². The van der Waals surface area contributed by atoms with Crippen molar-refractivity contribution in [2.24, 2.45) is 0 Å². The number of sulfonamides is 1. The van der Waals surface area contributed by atoms with Crippen LogP contribution in [-0.2, 0) is 20.2 Å². The number of nitrogens with zero attached hydrogens (tertiary/aromatic N) is 2. The molecule has 3 aromatic rings. The van der Waals surface area contributed by atoms with Crippen molar-refractivity contribution < 1.29 is 13.2 Å². The van der Waals surface area contributed by atoms with E-state index in [1.54, 1.807) is 26.0 Å². The van der Waals surface area contributed by atoms with Crippen LogP contribution < -0.4 is 10.0 Å². The minimum atomic E-state index is -3.85. The van der Waals surface area contributed by atoms with Crippen molar-refractivity contribution in [1.82, 2.24) is 9.97 Å². The van der Waals surface area contributed by atoms with Crippen molar-refractivity contribution in [3.05, 3.63) is 83.2 Å². The first-order valence-electron chi connectivity index (χ1n) is 10.5. The van der Waals surface area contributed by atoms with E-state index in [0.29, 0.717) is 17.1 Å². The first-order chi connectivity index (χ1) is 15.4. The molecular weight excluding hydrogens is 436 g/mol. The second-order valence-electron chi connectivity index (χ2n) is 8.80. The Morgan fingerprint density at radius 3 is 2.03 bits per heavy atom. The van der Waals surface area contributed by atoms with Gasteiger partial charge in [0.05, 0.1) is 4.90 Å². The zero-order valence-electron chi connectivity index (χ0n) is 19.4. The Morgan fingerprint density at radius 1 is 0.909 bits per heavy atom. The smallest absolute Gasteiger partial charge is 0.264 e. The quantitative estimate of drug-likeness (QED) is 0.508. The van der Waals surface area contributed by atoms with Crippen molar-refractivity contribution in [3.63, 3.8) is 0 Å². The number of hydrogen-bond donors (Lipinski definition) is 2. The summed E-state index contributed by atoms with van der Waals surface area (Å²) in [6, 6.07) is 15.7. The Labute approximate surface area is 195 Å². The number of aromatic nitrogens is 2. The second kappa shape index (κ2) is 9.54. The third kappa shape index (κ3) is 6.73. The predicted molar refractivity (Wildman–Crippen MR) is 132 cm³/mol. The summed E-state index contributed by atoms with van der Waals surface area (Å²) in [7, 11) is -3.85. The lowest BCUT2D eigenvalue weighted by molar-refractivity contribution is -0.111. The van der Waals surface area contributed by atoms with Gasteiger partial charge in [-0.25, -0.2) is 23.1 Å². The van der Waals surface area contributed by atoms with Crippen LogP contribution in [0.5, 0.6) is 0 Å². The van der Waals surface area contributed by atoms with Gasteiger partial charge in [0.1, 0.15) is 0 Å². The fourth-order valence-electron chi connectivity index (χ4n) is 3.12. The average molecular weight is 465 g/mol. The van der Waals surface area contributed by atoms with Gasteiger partial charge in [0.2, 0.25) is 11.9 Å². The molecule has 1 heterocycles. The molecule has 0 fully saturated rings. The molecule has 1 amide bonds. The summed E-state index contributed by atoms with van der Waals surface area (Å²) in [5, 5.41) is 2.73. The molecule has 0 saturated carbocycles. The van der Waals surface area contributed by atoms with E-state index >= 15 is 0 Å². The fourth-order valence-corrected chi connectivity index (χ4v) is 4.06. The van der Waals surface area contributed by atoms with Crippen molar-refractivity contribution in [2.75, 3.05) is 10.0 Å². The maximum absolute atomic E-state index is 12.6. The van der Waals surface area contributed by atoms with E-state index in [1.807, 2.05) is 24.3 Å². The van der Waals surface area contributed by atoms with Gasteiger partial charge in [-0.2, -0.15) is 0 Å². The molecule has 7 nitrogen and oxygen atoms in total. The van der Waals surface area contributed by atoms with Crippen molar-refractivity contribution >= 4 is 33.6 Å². The maximum Gasteiger partial charge on any atom is 0.264 e. The van der Waals surface area contributed by atoms with E-state index < -0.39 is 10.0 Å². The molecule has 33 heavy (non-hydrogen) atoms. The summed E-state index contributed by atoms with van der Waals surface area (Å²) in [4.78, 5) is 20.5. The van der Waals surface area contributed by atoms with E-state index in [0.717, 1.165) is 5.56 Å². The minimum absolute atomic E-state index is 0.0190. The number of amides is 1. The SMILES string of the molecule is Cc1cc(C)nc(NS(=O)(=O)c2ccc(NC(=O)/C=C/c3ccc(C(C)(C)C)cc3)cc2)n1. The standard InChI is InChI=1S/C25H28N4O3S/c1-17-16-18(2)27-24(26-17)29-33(31,32)22-13-11-21(12-14-22)28-23(30)15-8-19-6-9-20(10-7-19)25(3,4)5/h6-16H,1-5H3,(H,28,30)(H,26,27,29)/b15-8+. The average Bonchev–Trinajstić information content (AvgIpc) is 2.71. The van der Waals surface area contributed by atoms with Gasteiger partial charge < -0.3 is 5.32 Å². The van der Waals surface area contributed by atoms with E-state index in [4.69, 9.17) is 0 Å². The zero-order valence-corrected chi connectivity index (χ0v) is 20.2. The molecule has 2 N–H and O–H groups in total.